The Labute approximate surface area is 133 Å². The molecule has 0 saturated carbocycles. The number of carbonyl (C=O) groups excluding carboxylic acids is 1. The molecule has 0 spiro atoms. The fourth-order valence-electron chi connectivity index (χ4n) is 2.40. The number of aromatic nitrogens is 3. The molecule has 0 aliphatic heterocycles. The van der Waals surface area contributed by atoms with Gasteiger partial charge in [-0.05, 0) is 12.1 Å². The highest BCUT2D eigenvalue weighted by molar-refractivity contribution is 5.96. The van der Waals surface area contributed by atoms with E-state index in [0.29, 0.717) is 30.1 Å². The first kappa shape index (κ1) is 15.2. The van der Waals surface area contributed by atoms with E-state index in [1.54, 1.807) is 17.7 Å². The van der Waals surface area contributed by atoms with E-state index < -0.39 is 5.97 Å². The number of fused-ring (bicyclic) bond motifs is 1. The molecule has 0 saturated heterocycles. The summed E-state index contributed by atoms with van der Waals surface area (Å²) in [5, 5.41) is 4.52. The lowest BCUT2D eigenvalue weighted by molar-refractivity contribution is 0.0602. The molecule has 6 heteroatoms. The summed E-state index contributed by atoms with van der Waals surface area (Å²) < 4.78 is 11.6. The Bertz CT molecular complexity index is 828. The third-order valence-electron chi connectivity index (χ3n) is 3.53. The summed E-state index contributed by atoms with van der Waals surface area (Å²) in [6.07, 6.45) is 0.576. The number of nitrogens with zero attached hydrogens (tertiary/aromatic N) is 3. The van der Waals surface area contributed by atoms with Gasteiger partial charge in [0, 0.05) is 19.1 Å². The van der Waals surface area contributed by atoms with Gasteiger partial charge < -0.3 is 9.47 Å². The molecule has 0 fully saturated rings. The van der Waals surface area contributed by atoms with Crippen LogP contribution in [-0.2, 0) is 15.9 Å². The number of benzene rings is 1. The van der Waals surface area contributed by atoms with E-state index in [1.165, 1.54) is 7.11 Å². The lowest BCUT2D eigenvalue weighted by Gasteiger charge is -2.07. The van der Waals surface area contributed by atoms with Gasteiger partial charge in [0.05, 0.1) is 19.4 Å². The molecular weight excluding hydrogens is 294 g/mol. The van der Waals surface area contributed by atoms with Crippen molar-refractivity contribution in [1.82, 2.24) is 14.6 Å². The Morgan fingerprint density at radius 3 is 2.61 bits per heavy atom. The lowest BCUT2D eigenvalue weighted by Crippen LogP contribution is -2.06. The molecule has 0 amide bonds. The first-order chi connectivity index (χ1) is 11.2. The predicted octanol–water partition coefficient (Wildman–Crippen LogP) is 2.37. The minimum Gasteiger partial charge on any atom is -0.465 e. The van der Waals surface area contributed by atoms with E-state index in [4.69, 9.17) is 9.47 Å². The largest absolute Gasteiger partial charge is 0.465 e. The third-order valence-corrected chi connectivity index (χ3v) is 3.53. The van der Waals surface area contributed by atoms with Gasteiger partial charge in [-0.25, -0.2) is 14.3 Å². The average molecular weight is 311 g/mol. The van der Waals surface area contributed by atoms with Gasteiger partial charge >= 0.3 is 5.97 Å². The predicted molar refractivity (Wildman–Crippen MR) is 85.3 cm³/mol. The Morgan fingerprint density at radius 1 is 1.13 bits per heavy atom. The summed E-state index contributed by atoms with van der Waals surface area (Å²) in [7, 11) is 2.98. The summed E-state index contributed by atoms with van der Waals surface area (Å²) in [5.41, 5.74) is 2.74. The molecule has 2 aromatic heterocycles. The van der Waals surface area contributed by atoms with Crippen LogP contribution in [0.3, 0.4) is 0 Å². The first-order valence-electron chi connectivity index (χ1n) is 7.26. The van der Waals surface area contributed by atoms with Crippen molar-refractivity contribution in [3.05, 3.63) is 53.9 Å². The summed E-state index contributed by atoms with van der Waals surface area (Å²) in [4.78, 5) is 16.4. The second kappa shape index (κ2) is 6.58. The maximum atomic E-state index is 12.0. The second-order valence-corrected chi connectivity index (χ2v) is 5.00. The molecule has 3 rings (SSSR count). The molecule has 0 radical (unpaired) electrons. The topological polar surface area (TPSA) is 65.7 Å². The van der Waals surface area contributed by atoms with Gasteiger partial charge in [-0.1, -0.05) is 30.3 Å². The number of esters is 1. The van der Waals surface area contributed by atoms with E-state index in [0.717, 1.165) is 11.3 Å². The van der Waals surface area contributed by atoms with Crippen LogP contribution in [0.2, 0.25) is 0 Å². The lowest BCUT2D eigenvalue weighted by atomic mass is 10.1. The zero-order chi connectivity index (χ0) is 16.2. The molecule has 3 aromatic rings. The van der Waals surface area contributed by atoms with E-state index in [9.17, 15) is 4.79 Å². The van der Waals surface area contributed by atoms with Gasteiger partial charge in [0.25, 0.3) is 0 Å². The van der Waals surface area contributed by atoms with E-state index in [2.05, 4.69) is 10.1 Å². The summed E-state index contributed by atoms with van der Waals surface area (Å²) >= 11 is 0. The number of methoxy groups -OCH3 is 2. The van der Waals surface area contributed by atoms with Gasteiger partial charge in [0.15, 0.2) is 11.5 Å². The maximum Gasteiger partial charge on any atom is 0.341 e. The molecule has 1 aromatic carbocycles. The van der Waals surface area contributed by atoms with Crippen LogP contribution in [0.1, 0.15) is 16.2 Å². The van der Waals surface area contributed by atoms with Crippen LogP contribution < -0.4 is 0 Å². The number of hydrogen-bond acceptors (Lipinski definition) is 5. The molecule has 6 nitrogen and oxygen atoms in total. The van der Waals surface area contributed by atoms with Crippen LogP contribution in [0.25, 0.3) is 16.9 Å². The molecule has 0 bridgehead atoms. The van der Waals surface area contributed by atoms with Gasteiger partial charge in [0.2, 0.25) is 0 Å². The van der Waals surface area contributed by atoms with Crippen LogP contribution in [0.5, 0.6) is 0 Å². The highest BCUT2D eigenvalue weighted by atomic mass is 16.5. The monoisotopic (exact) mass is 311 g/mol. The summed E-state index contributed by atoms with van der Waals surface area (Å²) in [5.74, 6) is 0.195. The fourth-order valence-corrected chi connectivity index (χ4v) is 2.40. The molecule has 118 valence electrons. The van der Waals surface area contributed by atoms with E-state index in [1.807, 2.05) is 36.4 Å². The molecule has 0 N–H and O–H groups in total. The van der Waals surface area contributed by atoms with Crippen molar-refractivity contribution in [1.29, 1.82) is 0 Å². The van der Waals surface area contributed by atoms with Crippen molar-refractivity contribution < 1.29 is 14.3 Å². The minimum atomic E-state index is -0.430. The van der Waals surface area contributed by atoms with Crippen molar-refractivity contribution >= 4 is 11.6 Å². The summed E-state index contributed by atoms with van der Waals surface area (Å²) in [6.45, 7) is 0.519. The maximum absolute atomic E-state index is 12.0. The molecule has 2 heterocycles. The van der Waals surface area contributed by atoms with Gasteiger partial charge in [-0.3, -0.25) is 0 Å². The molecule has 0 unspecified atom stereocenters. The number of rotatable bonds is 5. The van der Waals surface area contributed by atoms with Crippen molar-refractivity contribution in [3.8, 4) is 11.3 Å². The smallest absolute Gasteiger partial charge is 0.341 e. The van der Waals surface area contributed by atoms with E-state index >= 15 is 0 Å². The molecule has 0 aliphatic rings. The highest BCUT2D eigenvalue weighted by Gasteiger charge is 2.17. The SMILES string of the molecule is COCCc1nc2c(C(=O)OC)ccc(-c3ccccc3)n2n1. The van der Waals surface area contributed by atoms with Gasteiger partial charge in [-0.2, -0.15) is 5.10 Å². The van der Waals surface area contributed by atoms with Crippen LogP contribution in [0, 0.1) is 0 Å². The van der Waals surface area contributed by atoms with Crippen molar-refractivity contribution in [2.24, 2.45) is 0 Å². The Kier molecular flexibility index (Phi) is 4.34. The third kappa shape index (κ3) is 2.93. The minimum absolute atomic E-state index is 0.392. The molecular formula is C17H17N3O3. The van der Waals surface area contributed by atoms with Crippen molar-refractivity contribution in [2.45, 2.75) is 6.42 Å². The van der Waals surface area contributed by atoms with Crippen LogP contribution in [0.15, 0.2) is 42.5 Å². The van der Waals surface area contributed by atoms with Crippen LogP contribution in [-0.4, -0.2) is 41.4 Å². The zero-order valence-electron chi connectivity index (χ0n) is 13.0. The van der Waals surface area contributed by atoms with E-state index in [-0.39, 0.29) is 0 Å². The molecule has 23 heavy (non-hydrogen) atoms. The van der Waals surface area contributed by atoms with Crippen molar-refractivity contribution in [2.75, 3.05) is 20.8 Å². The number of hydrogen-bond donors (Lipinski definition) is 0. The Balaban J connectivity index is 2.18. The molecule has 0 atom stereocenters. The normalized spacial score (nSPS) is 10.9. The Morgan fingerprint density at radius 2 is 1.91 bits per heavy atom. The van der Waals surface area contributed by atoms with Crippen LogP contribution in [0.4, 0.5) is 0 Å². The fraction of sp³-hybridized carbons (Fsp3) is 0.235. The zero-order valence-corrected chi connectivity index (χ0v) is 13.0. The number of pyridine rings is 1. The summed E-state index contributed by atoms with van der Waals surface area (Å²) in [6, 6.07) is 13.4. The van der Waals surface area contributed by atoms with Crippen molar-refractivity contribution in [3.63, 3.8) is 0 Å². The van der Waals surface area contributed by atoms with Gasteiger partial charge in [-0.15, -0.1) is 0 Å². The second-order valence-electron chi connectivity index (χ2n) is 5.00. The quantitative estimate of drug-likeness (QED) is 0.677. The first-order valence-corrected chi connectivity index (χ1v) is 7.26. The van der Waals surface area contributed by atoms with Gasteiger partial charge in [0.1, 0.15) is 5.56 Å². The number of carbonyl (C=O) groups is 1. The standard InChI is InChI=1S/C17H17N3O3/c1-22-11-10-15-18-16-13(17(21)23-2)8-9-14(20(16)19-15)12-6-4-3-5-7-12/h3-9H,10-11H2,1-2H3. The average Bonchev–Trinajstić information content (AvgIpc) is 3.03. The van der Waals surface area contributed by atoms with Crippen LogP contribution >= 0.6 is 0 Å². The highest BCUT2D eigenvalue weighted by Crippen LogP contribution is 2.22. The molecule has 0 aliphatic carbocycles. The number of ether oxygens (including phenoxy) is 2. The Hall–Kier alpha value is -2.73.